The Kier molecular flexibility index (Phi) is 3.86. The lowest BCUT2D eigenvalue weighted by Gasteiger charge is -2.28. The molecule has 1 saturated carbocycles. The summed E-state index contributed by atoms with van der Waals surface area (Å²) in [5, 5.41) is 9.99. The summed E-state index contributed by atoms with van der Waals surface area (Å²) in [6, 6.07) is 8.53. The molecule has 0 amide bonds. The van der Waals surface area contributed by atoms with Gasteiger partial charge in [0.2, 0.25) is 0 Å². The average molecular weight is 303 g/mol. The summed E-state index contributed by atoms with van der Waals surface area (Å²) in [5.74, 6) is 0. The highest BCUT2D eigenvalue weighted by Crippen LogP contribution is 2.35. The molecule has 0 radical (unpaired) electrons. The van der Waals surface area contributed by atoms with E-state index in [4.69, 9.17) is 12.2 Å². The van der Waals surface area contributed by atoms with Gasteiger partial charge in [-0.15, -0.1) is 0 Å². The molecular formula is C15H17N3S2. The Labute approximate surface area is 128 Å². The molecule has 3 nitrogen and oxygen atoms in total. The van der Waals surface area contributed by atoms with Crippen LogP contribution in [-0.2, 0) is 0 Å². The fourth-order valence-electron chi connectivity index (χ4n) is 3.14. The molecule has 1 N–H and O–H groups in total. The summed E-state index contributed by atoms with van der Waals surface area (Å²) in [5.41, 5.74) is 2.62. The zero-order valence-corrected chi connectivity index (χ0v) is 13.1. The molecule has 0 spiro atoms. The Morgan fingerprint density at radius 3 is 2.75 bits per heavy atom. The maximum absolute atomic E-state index is 9.20. The van der Waals surface area contributed by atoms with Crippen LogP contribution in [-0.4, -0.2) is 21.1 Å². The number of fused-ring (bicyclic) bond motifs is 1. The van der Waals surface area contributed by atoms with Gasteiger partial charge in [-0.05, 0) is 56.3 Å². The van der Waals surface area contributed by atoms with E-state index in [-0.39, 0.29) is 0 Å². The fourth-order valence-corrected chi connectivity index (χ4v) is 4.24. The van der Waals surface area contributed by atoms with Gasteiger partial charge in [-0.2, -0.15) is 17.0 Å². The van der Waals surface area contributed by atoms with Crippen molar-refractivity contribution in [3.63, 3.8) is 0 Å². The van der Waals surface area contributed by atoms with E-state index in [1.54, 1.807) is 0 Å². The van der Waals surface area contributed by atoms with Gasteiger partial charge >= 0.3 is 0 Å². The number of imidazole rings is 1. The Morgan fingerprint density at radius 1 is 1.35 bits per heavy atom. The van der Waals surface area contributed by atoms with Crippen molar-refractivity contribution in [2.75, 3.05) is 6.26 Å². The second-order valence-corrected chi connectivity index (χ2v) is 6.80. The van der Waals surface area contributed by atoms with Gasteiger partial charge in [0.1, 0.15) is 6.07 Å². The van der Waals surface area contributed by atoms with E-state index in [9.17, 15) is 5.26 Å². The van der Waals surface area contributed by atoms with Gasteiger partial charge in [-0.1, -0.05) is 6.07 Å². The van der Waals surface area contributed by atoms with Crippen LogP contribution in [0.25, 0.3) is 11.0 Å². The Bertz CT molecular complexity index is 715. The Morgan fingerprint density at radius 2 is 2.10 bits per heavy atom. The molecule has 0 atom stereocenters. The highest BCUT2D eigenvalue weighted by molar-refractivity contribution is 7.99. The number of rotatable bonds is 2. The van der Waals surface area contributed by atoms with Crippen LogP contribution in [0.4, 0.5) is 0 Å². The summed E-state index contributed by atoms with van der Waals surface area (Å²) in [7, 11) is 0. The largest absolute Gasteiger partial charge is 0.329 e. The molecule has 1 aromatic heterocycles. The van der Waals surface area contributed by atoms with Crippen molar-refractivity contribution in [3.8, 4) is 6.07 Å². The van der Waals surface area contributed by atoms with Crippen molar-refractivity contribution >= 4 is 35.0 Å². The smallest absolute Gasteiger partial charge is 0.178 e. The second kappa shape index (κ2) is 5.63. The van der Waals surface area contributed by atoms with Crippen LogP contribution in [0, 0.1) is 16.1 Å². The molecule has 1 aromatic carbocycles. The third-order valence-corrected chi connectivity index (χ3v) is 5.65. The number of benzene rings is 1. The molecule has 2 aromatic rings. The first kappa shape index (κ1) is 13.7. The normalized spacial score (nSPS) is 22.8. The topological polar surface area (TPSA) is 44.5 Å². The van der Waals surface area contributed by atoms with Crippen LogP contribution in [0.3, 0.4) is 0 Å². The van der Waals surface area contributed by atoms with E-state index in [2.05, 4.69) is 27.9 Å². The molecule has 20 heavy (non-hydrogen) atoms. The van der Waals surface area contributed by atoms with Gasteiger partial charge in [0, 0.05) is 11.3 Å². The minimum absolute atomic E-state index is 0.466. The SMILES string of the molecule is CSC1CCC(n2c(=S)[nH]c3c(C#N)cccc32)CC1. The van der Waals surface area contributed by atoms with Gasteiger partial charge in [-0.3, -0.25) is 0 Å². The third-order valence-electron chi connectivity index (χ3n) is 4.22. The number of nitrogens with zero attached hydrogens (tertiary/aromatic N) is 2. The molecule has 0 aliphatic heterocycles. The number of hydrogen-bond acceptors (Lipinski definition) is 3. The number of nitriles is 1. The zero-order valence-electron chi connectivity index (χ0n) is 11.4. The molecular weight excluding hydrogens is 286 g/mol. The van der Waals surface area contributed by atoms with Crippen molar-refractivity contribution < 1.29 is 0 Å². The number of para-hydroxylation sites is 1. The first-order chi connectivity index (χ1) is 9.74. The molecule has 3 rings (SSSR count). The lowest BCUT2D eigenvalue weighted by atomic mass is 9.94. The van der Waals surface area contributed by atoms with E-state index in [1.807, 2.05) is 23.9 Å². The van der Waals surface area contributed by atoms with Gasteiger partial charge in [0.15, 0.2) is 4.77 Å². The highest BCUT2D eigenvalue weighted by atomic mass is 32.2. The Hall–Kier alpha value is -1.25. The molecule has 0 saturated heterocycles. The number of H-pyrrole nitrogens is 1. The quantitative estimate of drug-likeness (QED) is 0.835. The van der Waals surface area contributed by atoms with Gasteiger partial charge in [-0.25, -0.2) is 0 Å². The molecule has 0 unspecified atom stereocenters. The molecule has 1 fully saturated rings. The summed E-state index contributed by atoms with van der Waals surface area (Å²) < 4.78 is 2.97. The lowest BCUT2D eigenvalue weighted by Crippen LogP contribution is -2.19. The molecule has 0 bridgehead atoms. The number of aromatic nitrogens is 2. The van der Waals surface area contributed by atoms with Crippen LogP contribution in [0.2, 0.25) is 0 Å². The lowest BCUT2D eigenvalue weighted by molar-refractivity contribution is 0.364. The van der Waals surface area contributed by atoms with E-state index >= 15 is 0 Å². The van der Waals surface area contributed by atoms with Crippen molar-refractivity contribution in [2.24, 2.45) is 0 Å². The van der Waals surface area contributed by atoms with Crippen LogP contribution in [0.5, 0.6) is 0 Å². The molecule has 1 heterocycles. The minimum Gasteiger partial charge on any atom is -0.329 e. The van der Waals surface area contributed by atoms with Crippen molar-refractivity contribution in [1.29, 1.82) is 5.26 Å². The molecule has 1 aliphatic rings. The Balaban J connectivity index is 2.03. The zero-order chi connectivity index (χ0) is 14.1. The number of hydrogen-bond donors (Lipinski definition) is 1. The maximum Gasteiger partial charge on any atom is 0.178 e. The first-order valence-corrected chi connectivity index (χ1v) is 8.60. The summed E-state index contributed by atoms with van der Waals surface area (Å²) in [6.45, 7) is 0. The number of nitrogens with one attached hydrogen (secondary N) is 1. The summed E-state index contributed by atoms with van der Waals surface area (Å²) in [4.78, 5) is 3.22. The van der Waals surface area contributed by atoms with Crippen LogP contribution in [0.15, 0.2) is 18.2 Å². The van der Waals surface area contributed by atoms with Crippen molar-refractivity contribution in [3.05, 3.63) is 28.5 Å². The van der Waals surface area contributed by atoms with Crippen molar-refractivity contribution in [2.45, 2.75) is 37.0 Å². The van der Waals surface area contributed by atoms with E-state index < -0.39 is 0 Å². The third kappa shape index (κ3) is 2.27. The predicted molar refractivity (Wildman–Crippen MR) is 86.6 cm³/mol. The maximum atomic E-state index is 9.20. The molecule has 5 heteroatoms. The van der Waals surface area contributed by atoms with E-state index in [0.29, 0.717) is 11.6 Å². The number of aromatic amines is 1. The minimum atomic E-state index is 0.466. The highest BCUT2D eigenvalue weighted by Gasteiger charge is 2.23. The van der Waals surface area contributed by atoms with Crippen LogP contribution < -0.4 is 0 Å². The average Bonchev–Trinajstić information content (AvgIpc) is 2.83. The summed E-state index contributed by atoms with van der Waals surface area (Å²) >= 11 is 7.46. The van der Waals surface area contributed by atoms with Crippen LogP contribution >= 0.6 is 24.0 Å². The number of thioether (sulfide) groups is 1. The summed E-state index contributed by atoms with van der Waals surface area (Å²) in [6.07, 6.45) is 7.03. The van der Waals surface area contributed by atoms with Crippen LogP contribution in [0.1, 0.15) is 37.3 Å². The fraction of sp³-hybridized carbons (Fsp3) is 0.467. The van der Waals surface area contributed by atoms with E-state index in [1.165, 1.54) is 25.7 Å². The van der Waals surface area contributed by atoms with Gasteiger partial charge in [0.25, 0.3) is 0 Å². The molecule has 1 aliphatic carbocycles. The standard InChI is InChI=1S/C15H17N3S2/c1-20-12-7-5-11(6-8-12)18-13-4-2-3-10(9-16)14(13)17-15(18)19/h2-4,11-12H,5-8H2,1H3,(H,17,19). The first-order valence-electron chi connectivity index (χ1n) is 6.90. The monoisotopic (exact) mass is 303 g/mol. The predicted octanol–water partition coefficient (Wildman–Crippen LogP) is 4.42. The molecule has 104 valence electrons. The second-order valence-electron chi connectivity index (χ2n) is 5.28. The van der Waals surface area contributed by atoms with Gasteiger partial charge < -0.3 is 9.55 Å². The van der Waals surface area contributed by atoms with E-state index in [0.717, 1.165) is 21.1 Å². The van der Waals surface area contributed by atoms with Gasteiger partial charge in [0.05, 0.1) is 16.6 Å². The van der Waals surface area contributed by atoms with Crippen molar-refractivity contribution in [1.82, 2.24) is 9.55 Å².